The predicted molar refractivity (Wildman–Crippen MR) is 109 cm³/mol. The van der Waals surface area contributed by atoms with Gasteiger partial charge in [0, 0.05) is 17.2 Å². The zero-order chi connectivity index (χ0) is 20.2. The Hall–Kier alpha value is -2.75. The Morgan fingerprint density at radius 2 is 1.44 bits per heavy atom. The van der Waals surface area contributed by atoms with E-state index in [1.807, 2.05) is 71.9 Å². The Kier molecular flexibility index (Phi) is 5.99. The molecule has 27 heavy (non-hydrogen) atoms. The molecule has 0 aliphatic heterocycles. The smallest absolute Gasteiger partial charge is 0.313 e. The van der Waals surface area contributed by atoms with Crippen LogP contribution in [0.4, 0.5) is 0 Å². The van der Waals surface area contributed by atoms with E-state index in [0.717, 1.165) is 5.56 Å². The van der Waals surface area contributed by atoms with Gasteiger partial charge < -0.3 is 4.84 Å². The normalized spacial score (nSPS) is 15.5. The minimum absolute atomic E-state index is 0.0178. The van der Waals surface area contributed by atoms with Crippen molar-refractivity contribution in [2.45, 2.75) is 41.5 Å². The summed E-state index contributed by atoms with van der Waals surface area (Å²) < 4.78 is 0. The zero-order valence-electron chi connectivity index (χ0n) is 16.9. The van der Waals surface area contributed by atoms with E-state index in [9.17, 15) is 9.59 Å². The molecule has 0 unspecified atom stereocenters. The fourth-order valence-electron chi connectivity index (χ4n) is 2.64. The Morgan fingerprint density at radius 1 is 0.926 bits per heavy atom. The number of allylic oxidation sites excluding steroid dienone is 4. The number of carbonyl (C=O) groups is 2. The maximum atomic E-state index is 12.9. The highest BCUT2D eigenvalue weighted by molar-refractivity contribution is 6.22. The van der Waals surface area contributed by atoms with Crippen molar-refractivity contribution in [3.63, 3.8) is 0 Å². The van der Waals surface area contributed by atoms with Crippen molar-refractivity contribution in [2.24, 2.45) is 16.0 Å². The van der Waals surface area contributed by atoms with Gasteiger partial charge in [0.1, 0.15) is 5.71 Å². The van der Waals surface area contributed by atoms with Crippen LogP contribution >= 0.6 is 0 Å². The maximum absolute atomic E-state index is 12.9. The lowest BCUT2D eigenvalue weighted by molar-refractivity contribution is -0.137. The van der Waals surface area contributed by atoms with Gasteiger partial charge in [-0.1, -0.05) is 77.0 Å². The van der Waals surface area contributed by atoms with E-state index in [-0.39, 0.29) is 16.6 Å². The lowest BCUT2D eigenvalue weighted by Crippen LogP contribution is -2.29. The average molecular weight is 365 g/mol. The summed E-state index contributed by atoms with van der Waals surface area (Å²) in [5.74, 6) is -0.552. The molecule has 0 N–H and O–H groups in total. The third kappa shape index (κ3) is 5.61. The third-order valence-corrected chi connectivity index (χ3v) is 4.14. The summed E-state index contributed by atoms with van der Waals surface area (Å²) in [5, 5.41) is 3.97. The van der Waals surface area contributed by atoms with Gasteiger partial charge in [0.05, 0.1) is 0 Å². The topological polar surface area (TPSA) is 55.7 Å². The van der Waals surface area contributed by atoms with Gasteiger partial charge in [-0.15, -0.1) is 0 Å². The summed E-state index contributed by atoms with van der Waals surface area (Å²) in [6.07, 6.45) is 6.40. The first-order valence-corrected chi connectivity index (χ1v) is 8.99. The molecule has 0 heterocycles. The molecule has 1 aliphatic carbocycles. The van der Waals surface area contributed by atoms with Crippen molar-refractivity contribution >= 4 is 23.5 Å². The average Bonchev–Trinajstić information content (AvgIpc) is 2.58. The minimum Gasteiger partial charge on any atom is -0.313 e. The second kappa shape index (κ2) is 7.87. The van der Waals surface area contributed by atoms with Gasteiger partial charge in [-0.2, -0.15) is 0 Å². The molecule has 1 aliphatic rings. The molecule has 142 valence electrons. The van der Waals surface area contributed by atoms with Gasteiger partial charge in [-0.25, -0.2) is 4.79 Å². The second-order valence-electron chi connectivity index (χ2n) is 8.62. The molecule has 0 saturated heterocycles. The van der Waals surface area contributed by atoms with Crippen LogP contribution in [0.3, 0.4) is 0 Å². The second-order valence-corrected chi connectivity index (χ2v) is 8.62. The van der Waals surface area contributed by atoms with Crippen molar-refractivity contribution in [1.29, 1.82) is 0 Å². The number of hydrogen-bond donors (Lipinski definition) is 0. The van der Waals surface area contributed by atoms with Gasteiger partial charge in [-0.05, 0) is 34.6 Å². The van der Waals surface area contributed by atoms with Crippen LogP contribution in [0.25, 0.3) is 6.08 Å². The minimum atomic E-state index is -0.570. The van der Waals surface area contributed by atoms with Gasteiger partial charge in [0.2, 0.25) is 0 Å². The van der Waals surface area contributed by atoms with Crippen molar-refractivity contribution < 1.29 is 14.4 Å². The van der Waals surface area contributed by atoms with Crippen LogP contribution in [0.5, 0.6) is 0 Å². The molecule has 0 aromatic heterocycles. The first kappa shape index (κ1) is 20.6. The lowest BCUT2D eigenvalue weighted by atomic mass is 9.72. The number of ketones is 1. The highest BCUT2D eigenvalue weighted by atomic mass is 16.7. The Labute approximate surface area is 161 Å². The van der Waals surface area contributed by atoms with Crippen molar-refractivity contribution in [3.8, 4) is 0 Å². The Bertz CT molecular complexity index is 806. The van der Waals surface area contributed by atoms with Crippen LogP contribution in [-0.4, -0.2) is 17.5 Å². The standard InChI is InChI=1S/C23H27NO3/c1-22(2,3)18-14-17(15-19(21(18)26)23(4,5)6)24-27-20(25)13-12-16-10-8-7-9-11-16/h7-15H,1-6H3/b13-12+. The quantitative estimate of drug-likeness (QED) is 0.323. The predicted octanol–water partition coefficient (Wildman–Crippen LogP) is 5.13. The number of carbonyl (C=O) groups excluding carboxylic acids is 2. The SMILES string of the molecule is CC(C)(C)C1=CC(=NOC(=O)/C=C/c2ccccc2)C=C(C(C)(C)C)C1=O. The van der Waals surface area contributed by atoms with Crippen LogP contribution in [0.2, 0.25) is 0 Å². The van der Waals surface area contributed by atoms with Gasteiger partial charge in [0.15, 0.2) is 5.78 Å². The fraction of sp³-hybridized carbons (Fsp3) is 0.348. The van der Waals surface area contributed by atoms with Gasteiger partial charge in [-0.3, -0.25) is 4.79 Å². The molecule has 0 saturated carbocycles. The molecule has 1 aromatic carbocycles. The Morgan fingerprint density at radius 3 is 1.93 bits per heavy atom. The van der Waals surface area contributed by atoms with Crippen LogP contribution in [-0.2, 0) is 14.4 Å². The molecule has 4 heteroatoms. The highest BCUT2D eigenvalue weighted by Crippen LogP contribution is 2.36. The summed E-state index contributed by atoms with van der Waals surface area (Å²) in [4.78, 5) is 29.8. The molecule has 0 radical (unpaired) electrons. The van der Waals surface area contributed by atoms with E-state index in [0.29, 0.717) is 16.9 Å². The number of Topliss-reactive ketones (excluding diaryl/α,β-unsaturated/α-hetero) is 1. The molecule has 0 spiro atoms. The van der Waals surface area contributed by atoms with Crippen molar-refractivity contribution in [1.82, 2.24) is 0 Å². The van der Waals surface area contributed by atoms with Gasteiger partial charge >= 0.3 is 5.97 Å². The number of oxime groups is 1. The Balaban J connectivity index is 2.24. The lowest BCUT2D eigenvalue weighted by Gasteiger charge is -2.30. The molecule has 4 nitrogen and oxygen atoms in total. The number of nitrogens with zero attached hydrogens (tertiary/aromatic N) is 1. The molecule has 2 rings (SSSR count). The molecular weight excluding hydrogens is 338 g/mol. The van der Waals surface area contributed by atoms with Crippen molar-refractivity contribution in [2.75, 3.05) is 0 Å². The molecule has 0 bridgehead atoms. The van der Waals surface area contributed by atoms with Crippen LogP contribution in [0.15, 0.2) is 64.9 Å². The third-order valence-electron chi connectivity index (χ3n) is 4.14. The van der Waals surface area contributed by atoms with E-state index in [4.69, 9.17) is 4.84 Å². The van der Waals surface area contributed by atoms with Crippen LogP contribution in [0, 0.1) is 10.8 Å². The van der Waals surface area contributed by atoms with E-state index >= 15 is 0 Å². The summed E-state index contributed by atoms with van der Waals surface area (Å²) in [6.45, 7) is 11.9. The molecule has 0 atom stereocenters. The van der Waals surface area contributed by atoms with Gasteiger partial charge in [0.25, 0.3) is 0 Å². The van der Waals surface area contributed by atoms with Crippen LogP contribution in [0.1, 0.15) is 47.1 Å². The highest BCUT2D eigenvalue weighted by Gasteiger charge is 2.34. The molecule has 1 aromatic rings. The first-order chi connectivity index (χ1) is 12.5. The van der Waals surface area contributed by atoms with Crippen LogP contribution < -0.4 is 0 Å². The number of benzene rings is 1. The fourth-order valence-corrected chi connectivity index (χ4v) is 2.64. The van der Waals surface area contributed by atoms with E-state index < -0.39 is 5.97 Å². The van der Waals surface area contributed by atoms with E-state index in [1.54, 1.807) is 18.2 Å². The monoisotopic (exact) mass is 365 g/mol. The van der Waals surface area contributed by atoms with Crippen molar-refractivity contribution in [3.05, 3.63) is 65.3 Å². The largest absolute Gasteiger partial charge is 0.358 e. The summed E-state index contributed by atoms with van der Waals surface area (Å²) in [7, 11) is 0. The zero-order valence-corrected chi connectivity index (χ0v) is 16.9. The first-order valence-electron chi connectivity index (χ1n) is 8.99. The summed E-state index contributed by atoms with van der Waals surface area (Å²) in [5.41, 5.74) is 2.01. The molecular formula is C23H27NO3. The van der Waals surface area contributed by atoms with E-state index in [2.05, 4.69) is 5.16 Å². The summed E-state index contributed by atoms with van der Waals surface area (Å²) >= 11 is 0. The maximum Gasteiger partial charge on any atom is 0.358 e. The molecule has 0 amide bonds. The summed E-state index contributed by atoms with van der Waals surface area (Å²) in [6, 6.07) is 9.46. The molecule has 0 fully saturated rings. The number of hydrogen-bond acceptors (Lipinski definition) is 4. The number of rotatable bonds is 3. The van der Waals surface area contributed by atoms with E-state index in [1.165, 1.54) is 6.08 Å².